The molecule has 34 heavy (non-hydrogen) atoms. The van der Waals surface area contributed by atoms with Gasteiger partial charge < -0.3 is 5.32 Å². The lowest BCUT2D eigenvalue weighted by Crippen LogP contribution is -2.33. The number of carbonyl (C=O) groups excluding carboxylic acids is 3. The molecule has 170 valence electrons. The fourth-order valence-electron chi connectivity index (χ4n) is 6.32. The third-order valence-electron chi connectivity index (χ3n) is 7.71. The number of carbonyl (C=O) groups is 3. The molecule has 0 spiro atoms. The molecule has 5 nitrogen and oxygen atoms in total. The molecule has 2 saturated carbocycles. The van der Waals surface area contributed by atoms with E-state index in [9.17, 15) is 14.4 Å². The highest BCUT2D eigenvalue weighted by molar-refractivity contribution is 6.30. The number of fused-ring (bicyclic) bond motifs is 5. The Morgan fingerprint density at radius 3 is 2.35 bits per heavy atom. The minimum absolute atomic E-state index is 0.121. The van der Waals surface area contributed by atoms with Crippen LogP contribution in [0, 0.1) is 23.7 Å². The first kappa shape index (κ1) is 21.1. The van der Waals surface area contributed by atoms with Gasteiger partial charge in [-0.3, -0.25) is 19.3 Å². The van der Waals surface area contributed by atoms with Crippen LogP contribution in [0.2, 0.25) is 5.02 Å². The van der Waals surface area contributed by atoms with E-state index in [0.29, 0.717) is 27.9 Å². The number of amides is 3. The van der Waals surface area contributed by atoms with E-state index >= 15 is 0 Å². The van der Waals surface area contributed by atoms with E-state index in [2.05, 4.69) is 17.4 Å². The Labute approximate surface area is 202 Å². The first-order valence-electron chi connectivity index (χ1n) is 11.6. The van der Waals surface area contributed by atoms with Crippen LogP contribution in [0.3, 0.4) is 0 Å². The van der Waals surface area contributed by atoms with Crippen LogP contribution >= 0.6 is 11.6 Å². The van der Waals surface area contributed by atoms with Gasteiger partial charge in [-0.1, -0.05) is 48.0 Å². The zero-order valence-corrected chi connectivity index (χ0v) is 19.1. The molecule has 1 N–H and O–H groups in total. The molecule has 3 aromatic rings. The summed E-state index contributed by atoms with van der Waals surface area (Å²) in [6.07, 6.45) is 1.88. The van der Waals surface area contributed by atoms with Crippen LogP contribution in [0.15, 0.2) is 78.9 Å². The van der Waals surface area contributed by atoms with Crippen molar-refractivity contribution in [3.05, 3.63) is 95.0 Å². The van der Waals surface area contributed by atoms with Gasteiger partial charge in [0, 0.05) is 16.3 Å². The van der Waals surface area contributed by atoms with Gasteiger partial charge in [-0.25, -0.2) is 0 Å². The molecule has 3 amide bonds. The predicted octanol–water partition coefficient (Wildman–Crippen LogP) is 5.52. The highest BCUT2D eigenvalue weighted by Gasteiger charge is 2.64. The van der Waals surface area contributed by atoms with Gasteiger partial charge in [0.1, 0.15) is 0 Å². The molecule has 0 aromatic heterocycles. The molecule has 3 aliphatic rings. The van der Waals surface area contributed by atoms with Gasteiger partial charge in [0.05, 0.1) is 17.5 Å². The van der Waals surface area contributed by atoms with E-state index in [1.54, 1.807) is 48.5 Å². The molecule has 1 heterocycles. The van der Waals surface area contributed by atoms with Gasteiger partial charge in [0.2, 0.25) is 11.8 Å². The zero-order chi connectivity index (χ0) is 23.4. The fourth-order valence-corrected chi connectivity index (χ4v) is 6.45. The van der Waals surface area contributed by atoms with Crippen molar-refractivity contribution in [2.24, 2.45) is 23.7 Å². The molecule has 1 aliphatic heterocycles. The fraction of sp³-hybridized carbons (Fsp3) is 0.250. The van der Waals surface area contributed by atoms with Gasteiger partial charge in [-0.05, 0) is 78.6 Å². The SMILES string of the molecule is O=C(Nc1ccc(Cl)cc1)c1cccc(N2C(=O)[C@@H]3[C@@H]4C[C@@H]([C@@H]3C2=O)[C@H](c2ccccc2)C4)c1. The first-order chi connectivity index (χ1) is 16.5. The van der Waals surface area contributed by atoms with Crippen molar-refractivity contribution in [3.63, 3.8) is 0 Å². The van der Waals surface area contributed by atoms with E-state index in [1.807, 2.05) is 18.2 Å². The van der Waals surface area contributed by atoms with Gasteiger partial charge >= 0.3 is 0 Å². The van der Waals surface area contributed by atoms with Gasteiger partial charge in [-0.15, -0.1) is 0 Å². The predicted molar refractivity (Wildman–Crippen MR) is 131 cm³/mol. The van der Waals surface area contributed by atoms with Crippen molar-refractivity contribution in [3.8, 4) is 0 Å². The minimum atomic E-state index is -0.312. The zero-order valence-electron chi connectivity index (χ0n) is 18.4. The van der Waals surface area contributed by atoms with Crippen molar-refractivity contribution in [1.82, 2.24) is 0 Å². The molecule has 6 heteroatoms. The Hall–Kier alpha value is -3.44. The van der Waals surface area contributed by atoms with Crippen LogP contribution < -0.4 is 10.2 Å². The molecule has 2 aliphatic carbocycles. The molecule has 5 atom stereocenters. The Bertz CT molecular complexity index is 1290. The van der Waals surface area contributed by atoms with E-state index in [1.165, 1.54) is 10.5 Å². The van der Waals surface area contributed by atoms with Crippen LogP contribution in [-0.2, 0) is 9.59 Å². The molecule has 3 fully saturated rings. The third kappa shape index (κ3) is 3.34. The van der Waals surface area contributed by atoms with Crippen molar-refractivity contribution in [2.45, 2.75) is 18.8 Å². The van der Waals surface area contributed by atoms with Crippen LogP contribution in [0.1, 0.15) is 34.7 Å². The molecule has 0 unspecified atom stereocenters. The van der Waals surface area contributed by atoms with Crippen LogP contribution in [0.25, 0.3) is 0 Å². The summed E-state index contributed by atoms with van der Waals surface area (Å²) in [6, 6.07) is 23.9. The lowest BCUT2D eigenvalue weighted by Gasteiger charge is -2.28. The van der Waals surface area contributed by atoms with E-state index < -0.39 is 0 Å². The molecule has 3 aromatic carbocycles. The number of hydrogen-bond donors (Lipinski definition) is 1. The summed E-state index contributed by atoms with van der Waals surface area (Å²) in [5, 5.41) is 3.41. The van der Waals surface area contributed by atoms with Gasteiger partial charge in [-0.2, -0.15) is 0 Å². The summed E-state index contributed by atoms with van der Waals surface area (Å²) in [6.45, 7) is 0. The maximum Gasteiger partial charge on any atom is 0.255 e. The average Bonchev–Trinajstić information content (AvgIpc) is 3.52. The van der Waals surface area contributed by atoms with E-state index in [0.717, 1.165) is 12.8 Å². The van der Waals surface area contributed by atoms with Crippen LogP contribution in [-0.4, -0.2) is 17.7 Å². The highest BCUT2D eigenvalue weighted by atomic mass is 35.5. The minimum Gasteiger partial charge on any atom is -0.322 e. The normalized spacial score (nSPS) is 27.2. The molecule has 2 bridgehead atoms. The number of imide groups is 1. The number of hydrogen-bond acceptors (Lipinski definition) is 3. The van der Waals surface area contributed by atoms with Crippen LogP contribution in [0.5, 0.6) is 0 Å². The standard InChI is InChI=1S/C28H23ClN2O3/c29-19-9-11-20(12-10-19)30-26(32)17-7-4-8-21(13-17)31-27(33)24-18-14-22(16-5-2-1-3-6-16)23(15-18)25(24)28(31)34/h1-13,18,22-25H,14-15H2,(H,30,32)/t18-,22-,23+,24+,25-/m0/s1. The summed E-state index contributed by atoms with van der Waals surface area (Å²) in [4.78, 5) is 41.1. The van der Waals surface area contributed by atoms with E-state index in [4.69, 9.17) is 11.6 Å². The molecular formula is C28H23ClN2O3. The second kappa shape index (κ2) is 8.10. The van der Waals surface area contributed by atoms with Crippen molar-refractivity contribution < 1.29 is 14.4 Å². The maximum absolute atomic E-state index is 13.6. The maximum atomic E-state index is 13.6. The summed E-state index contributed by atoms with van der Waals surface area (Å²) >= 11 is 5.91. The second-order valence-electron chi connectivity index (χ2n) is 9.49. The average molecular weight is 471 g/mol. The number of rotatable bonds is 4. The van der Waals surface area contributed by atoms with E-state index in [-0.39, 0.29) is 41.4 Å². The smallest absolute Gasteiger partial charge is 0.255 e. The van der Waals surface area contributed by atoms with Crippen LogP contribution in [0.4, 0.5) is 11.4 Å². The topological polar surface area (TPSA) is 66.5 Å². The number of anilines is 2. The quantitative estimate of drug-likeness (QED) is 0.510. The van der Waals surface area contributed by atoms with Crippen molar-refractivity contribution in [1.29, 1.82) is 0 Å². The number of nitrogens with zero attached hydrogens (tertiary/aromatic N) is 1. The summed E-state index contributed by atoms with van der Waals surface area (Å²) in [5.74, 6) is -0.337. The molecular weight excluding hydrogens is 448 g/mol. The number of halogens is 1. The first-order valence-corrected chi connectivity index (χ1v) is 12.0. The molecule has 6 rings (SSSR count). The lowest BCUT2D eigenvalue weighted by molar-refractivity contribution is -0.123. The lowest BCUT2D eigenvalue weighted by atomic mass is 9.73. The van der Waals surface area contributed by atoms with Gasteiger partial charge in [0.25, 0.3) is 5.91 Å². The summed E-state index contributed by atoms with van der Waals surface area (Å²) in [5.41, 5.74) is 2.72. The second-order valence-corrected chi connectivity index (χ2v) is 9.92. The van der Waals surface area contributed by atoms with Crippen molar-refractivity contribution in [2.75, 3.05) is 10.2 Å². The monoisotopic (exact) mass is 470 g/mol. The molecule has 1 saturated heterocycles. The third-order valence-corrected chi connectivity index (χ3v) is 7.96. The Balaban J connectivity index is 1.25. The largest absolute Gasteiger partial charge is 0.322 e. The number of benzene rings is 3. The summed E-state index contributed by atoms with van der Waals surface area (Å²) in [7, 11) is 0. The highest BCUT2D eigenvalue weighted by Crippen LogP contribution is 2.61. The summed E-state index contributed by atoms with van der Waals surface area (Å²) < 4.78 is 0. The van der Waals surface area contributed by atoms with Crippen molar-refractivity contribution >= 4 is 40.7 Å². The molecule has 0 radical (unpaired) electrons. The Morgan fingerprint density at radius 2 is 1.59 bits per heavy atom. The van der Waals surface area contributed by atoms with Gasteiger partial charge in [0.15, 0.2) is 0 Å². The Morgan fingerprint density at radius 1 is 0.853 bits per heavy atom. The number of nitrogens with one attached hydrogen (secondary N) is 1. The Kier molecular flexibility index (Phi) is 5.03.